The molecule has 0 aromatic carbocycles. The van der Waals surface area contributed by atoms with Crippen LogP contribution in [0.1, 0.15) is 65.1 Å². The Kier molecular flexibility index (Phi) is 6.30. The molecule has 0 radical (unpaired) electrons. The first-order valence-corrected chi connectivity index (χ1v) is 9.32. The van der Waals surface area contributed by atoms with Crippen molar-refractivity contribution in [3.05, 3.63) is 16.4 Å². The molecule has 3 nitrogen and oxygen atoms in total. The lowest BCUT2D eigenvalue weighted by molar-refractivity contribution is 0.185. The highest BCUT2D eigenvalue weighted by atomic mass is 79.9. The monoisotopic (exact) mass is 355 g/mol. The van der Waals surface area contributed by atoms with Crippen molar-refractivity contribution in [1.82, 2.24) is 15.1 Å². The Morgan fingerprint density at radius 2 is 1.86 bits per heavy atom. The van der Waals surface area contributed by atoms with E-state index in [0.717, 1.165) is 35.3 Å². The van der Waals surface area contributed by atoms with Crippen LogP contribution in [-0.2, 0) is 6.54 Å². The van der Waals surface area contributed by atoms with E-state index in [1.165, 1.54) is 31.4 Å². The van der Waals surface area contributed by atoms with E-state index in [4.69, 9.17) is 0 Å². The van der Waals surface area contributed by atoms with E-state index in [1.807, 2.05) is 6.20 Å². The number of nitrogens with one attached hydrogen (secondary N) is 1. The van der Waals surface area contributed by atoms with Gasteiger partial charge in [-0.25, -0.2) is 0 Å². The van der Waals surface area contributed by atoms with Crippen molar-refractivity contribution in [3.63, 3.8) is 0 Å². The van der Waals surface area contributed by atoms with Crippen molar-refractivity contribution in [2.24, 2.45) is 17.8 Å². The van der Waals surface area contributed by atoms with E-state index in [0.29, 0.717) is 6.04 Å². The average molecular weight is 356 g/mol. The van der Waals surface area contributed by atoms with Gasteiger partial charge in [-0.3, -0.25) is 4.68 Å². The standard InChI is InChI=1S/C17H30BrN3/c1-5-19-16(17-15(18)11-20-21(17)6-2)14-9-7-13(8-10-14)12(3)4/h11-14,16,19H,5-10H2,1-4H3. The number of aryl methyl sites for hydroxylation is 1. The Morgan fingerprint density at radius 3 is 2.38 bits per heavy atom. The molecule has 1 N–H and O–H groups in total. The molecule has 1 aliphatic rings. The lowest BCUT2D eigenvalue weighted by Gasteiger charge is -2.36. The van der Waals surface area contributed by atoms with Gasteiger partial charge in [0.15, 0.2) is 0 Å². The van der Waals surface area contributed by atoms with E-state index >= 15 is 0 Å². The van der Waals surface area contributed by atoms with Crippen LogP contribution in [0.4, 0.5) is 0 Å². The summed E-state index contributed by atoms with van der Waals surface area (Å²) in [4.78, 5) is 0. The molecule has 1 fully saturated rings. The average Bonchev–Trinajstić information content (AvgIpc) is 2.86. The second-order valence-electron chi connectivity index (χ2n) is 6.65. The minimum Gasteiger partial charge on any atom is -0.309 e. The van der Waals surface area contributed by atoms with E-state index in [2.05, 4.69) is 58.7 Å². The van der Waals surface area contributed by atoms with Crippen LogP contribution in [0.5, 0.6) is 0 Å². The van der Waals surface area contributed by atoms with Crippen molar-refractivity contribution in [1.29, 1.82) is 0 Å². The molecular weight excluding hydrogens is 326 g/mol. The smallest absolute Gasteiger partial charge is 0.0698 e. The highest BCUT2D eigenvalue weighted by Crippen LogP contribution is 2.40. The highest BCUT2D eigenvalue weighted by Gasteiger charge is 2.32. The highest BCUT2D eigenvalue weighted by molar-refractivity contribution is 9.10. The molecule has 0 spiro atoms. The molecule has 1 heterocycles. The molecule has 4 heteroatoms. The maximum absolute atomic E-state index is 4.51. The first kappa shape index (κ1) is 17.0. The fraction of sp³-hybridized carbons (Fsp3) is 0.824. The molecule has 0 aliphatic heterocycles. The number of rotatable bonds is 6. The summed E-state index contributed by atoms with van der Waals surface area (Å²) in [7, 11) is 0. The lowest BCUT2D eigenvalue weighted by atomic mass is 9.74. The molecule has 2 rings (SSSR count). The van der Waals surface area contributed by atoms with Gasteiger partial charge >= 0.3 is 0 Å². The molecule has 120 valence electrons. The molecular formula is C17H30BrN3. The van der Waals surface area contributed by atoms with Crippen molar-refractivity contribution in [2.75, 3.05) is 6.54 Å². The number of halogens is 1. The molecule has 1 aromatic heterocycles. The van der Waals surface area contributed by atoms with E-state index in [9.17, 15) is 0 Å². The fourth-order valence-electron chi connectivity index (χ4n) is 3.78. The topological polar surface area (TPSA) is 29.9 Å². The third-order valence-electron chi connectivity index (χ3n) is 5.08. The third-order valence-corrected chi connectivity index (χ3v) is 5.69. The van der Waals surface area contributed by atoms with Gasteiger partial charge in [-0.15, -0.1) is 0 Å². The van der Waals surface area contributed by atoms with Crippen molar-refractivity contribution in [3.8, 4) is 0 Å². The first-order valence-electron chi connectivity index (χ1n) is 8.53. The largest absolute Gasteiger partial charge is 0.309 e. The van der Waals surface area contributed by atoms with E-state index in [1.54, 1.807) is 0 Å². The minimum absolute atomic E-state index is 0.430. The van der Waals surface area contributed by atoms with Gasteiger partial charge in [0.25, 0.3) is 0 Å². The maximum atomic E-state index is 4.51. The van der Waals surface area contributed by atoms with Crippen LogP contribution in [0.25, 0.3) is 0 Å². The molecule has 0 bridgehead atoms. The number of hydrogen-bond acceptors (Lipinski definition) is 2. The predicted molar refractivity (Wildman–Crippen MR) is 92.3 cm³/mol. The van der Waals surface area contributed by atoms with Gasteiger partial charge in [0.2, 0.25) is 0 Å². The summed E-state index contributed by atoms with van der Waals surface area (Å²) in [5, 5.41) is 8.23. The van der Waals surface area contributed by atoms with Gasteiger partial charge in [-0.2, -0.15) is 5.10 Å². The Balaban J connectivity index is 2.14. The summed E-state index contributed by atoms with van der Waals surface area (Å²) in [5.41, 5.74) is 1.34. The Labute approximate surface area is 138 Å². The summed E-state index contributed by atoms with van der Waals surface area (Å²) >= 11 is 3.71. The van der Waals surface area contributed by atoms with Crippen molar-refractivity contribution in [2.45, 2.75) is 66.0 Å². The Morgan fingerprint density at radius 1 is 1.24 bits per heavy atom. The van der Waals surface area contributed by atoms with Crippen LogP contribution in [0.2, 0.25) is 0 Å². The van der Waals surface area contributed by atoms with Crippen molar-refractivity contribution < 1.29 is 0 Å². The van der Waals surface area contributed by atoms with E-state index < -0.39 is 0 Å². The zero-order valence-corrected chi connectivity index (χ0v) is 15.5. The van der Waals surface area contributed by atoms with Gasteiger partial charge in [-0.05, 0) is 72.8 Å². The SMILES string of the molecule is CCNC(c1c(Br)cnn1CC)C1CCC(C(C)C)CC1. The Bertz CT molecular complexity index is 433. The lowest BCUT2D eigenvalue weighted by Crippen LogP contribution is -2.33. The minimum atomic E-state index is 0.430. The van der Waals surface area contributed by atoms with Crippen molar-refractivity contribution >= 4 is 15.9 Å². The second kappa shape index (κ2) is 7.77. The normalized spacial score (nSPS) is 24.5. The van der Waals surface area contributed by atoms with Crippen LogP contribution < -0.4 is 5.32 Å². The molecule has 0 saturated heterocycles. The van der Waals surface area contributed by atoms with Gasteiger partial charge in [0, 0.05) is 6.54 Å². The van der Waals surface area contributed by atoms with Gasteiger partial charge in [0.1, 0.15) is 0 Å². The number of aromatic nitrogens is 2. The summed E-state index contributed by atoms with van der Waals surface area (Å²) in [6, 6.07) is 0.430. The van der Waals surface area contributed by atoms with Crippen LogP contribution in [0, 0.1) is 17.8 Å². The zero-order chi connectivity index (χ0) is 15.4. The van der Waals surface area contributed by atoms with E-state index in [-0.39, 0.29) is 0 Å². The van der Waals surface area contributed by atoms with Gasteiger partial charge in [-0.1, -0.05) is 20.8 Å². The van der Waals surface area contributed by atoms with Crippen LogP contribution in [-0.4, -0.2) is 16.3 Å². The summed E-state index contributed by atoms with van der Waals surface area (Å²) in [6.07, 6.45) is 7.37. The molecule has 1 atom stereocenters. The number of hydrogen-bond donors (Lipinski definition) is 1. The molecule has 21 heavy (non-hydrogen) atoms. The summed E-state index contributed by atoms with van der Waals surface area (Å²) in [6.45, 7) is 11.1. The quantitative estimate of drug-likeness (QED) is 0.795. The summed E-state index contributed by atoms with van der Waals surface area (Å²) in [5.74, 6) is 2.48. The molecule has 1 unspecified atom stereocenters. The summed E-state index contributed by atoms with van der Waals surface area (Å²) < 4.78 is 3.30. The zero-order valence-electron chi connectivity index (χ0n) is 13.9. The van der Waals surface area contributed by atoms with Crippen LogP contribution >= 0.6 is 15.9 Å². The van der Waals surface area contributed by atoms with Crippen LogP contribution in [0.15, 0.2) is 10.7 Å². The fourth-order valence-corrected chi connectivity index (χ4v) is 4.33. The molecule has 1 aliphatic carbocycles. The number of nitrogens with zero attached hydrogens (tertiary/aromatic N) is 2. The van der Waals surface area contributed by atoms with Crippen LogP contribution in [0.3, 0.4) is 0 Å². The molecule has 1 aromatic rings. The predicted octanol–water partition coefficient (Wildman–Crippen LogP) is 4.78. The third kappa shape index (κ3) is 3.89. The Hall–Kier alpha value is -0.350. The second-order valence-corrected chi connectivity index (χ2v) is 7.50. The van der Waals surface area contributed by atoms with Gasteiger partial charge in [0.05, 0.1) is 22.4 Å². The van der Waals surface area contributed by atoms with Gasteiger partial charge < -0.3 is 5.32 Å². The molecule has 0 amide bonds. The maximum Gasteiger partial charge on any atom is 0.0698 e. The molecule has 1 saturated carbocycles. The first-order chi connectivity index (χ1) is 10.1.